The van der Waals surface area contributed by atoms with E-state index in [2.05, 4.69) is 0 Å². The van der Waals surface area contributed by atoms with Gasteiger partial charge < -0.3 is 5.73 Å². The Morgan fingerprint density at radius 3 is 2.32 bits per heavy atom. The number of para-hydroxylation sites is 2. The number of nitrogens with zero attached hydrogens (tertiary/aromatic N) is 1. The van der Waals surface area contributed by atoms with Crippen molar-refractivity contribution in [2.45, 2.75) is 4.90 Å². The predicted molar refractivity (Wildman–Crippen MR) is 72.8 cm³/mol. The standard InChI is InChI=1S/C13H13FN2O2S/c1-16(10-6-3-2-4-7-10)19(17,18)12-9-5-8-11(14)13(12)15/h2-9H,15H2,1H3. The van der Waals surface area contributed by atoms with E-state index in [0.29, 0.717) is 5.69 Å². The van der Waals surface area contributed by atoms with Crippen LogP contribution < -0.4 is 10.0 Å². The Kier molecular flexibility index (Phi) is 3.44. The predicted octanol–water partition coefficient (Wildman–Crippen LogP) is 2.23. The Morgan fingerprint density at radius 2 is 1.68 bits per heavy atom. The number of sulfonamides is 1. The Balaban J connectivity index is 2.52. The van der Waals surface area contributed by atoms with E-state index >= 15 is 0 Å². The van der Waals surface area contributed by atoms with E-state index in [4.69, 9.17) is 5.73 Å². The number of hydrogen-bond donors (Lipinski definition) is 1. The molecule has 0 bridgehead atoms. The first-order valence-electron chi connectivity index (χ1n) is 5.52. The quantitative estimate of drug-likeness (QED) is 0.877. The van der Waals surface area contributed by atoms with Crippen molar-refractivity contribution >= 4 is 21.4 Å². The molecule has 0 radical (unpaired) electrons. The third-order valence-electron chi connectivity index (χ3n) is 2.77. The minimum Gasteiger partial charge on any atom is -0.395 e. The van der Waals surface area contributed by atoms with Gasteiger partial charge in [-0.1, -0.05) is 24.3 Å². The minimum absolute atomic E-state index is 0.237. The van der Waals surface area contributed by atoms with Crippen molar-refractivity contribution < 1.29 is 12.8 Å². The van der Waals surface area contributed by atoms with E-state index in [0.717, 1.165) is 10.4 Å². The maximum atomic E-state index is 13.4. The second kappa shape index (κ2) is 4.89. The second-order valence-corrected chi connectivity index (χ2v) is 5.90. The molecule has 0 unspecified atom stereocenters. The van der Waals surface area contributed by atoms with Gasteiger partial charge in [-0.05, 0) is 24.3 Å². The molecule has 0 atom stereocenters. The van der Waals surface area contributed by atoms with E-state index in [1.165, 1.54) is 19.2 Å². The summed E-state index contributed by atoms with van der Waals surface area (Å²) >= 11 is 0. The Labute approximate surface area is 111 Å². The molecule has 0 heterocycles. The first-order valence-corrected chi connectivity index (χ1v) is 6.96. The Bertz CT molecular complexity index is 687. The largest absolute Gasteiger partial charge is 0.395 e. The van der Waals surface area contributed by atoms with Crippen molar-refractivity contribution in [2.75, 3.05) is 17.1 Å². The third kappa shape index (κ3) is 2.39. The smallest absolute Gasteiger partial charge is 0.266 e. The molecule has 2 N–H and O–H groups in total. The summed E-state index contributed by atoms with van der Waals surface area (Å²) in [5.74, 6) is -0.748. The van der Waals surface area contributed by atoms with E-state index in [1.54, 1.807) is 30.3 Å². The lowest BCUT2D eigenvalue weighted by Gasteiger charge is -2.20. The fraction of sp³-hybridized carbons (Fsp3) is 0.0769. The van der Waals surface area contributed by atoms with Crippen LogP contribution in [0.3, 0.4) is 0 Å². The summed E-state index contributed by atoms with van der Waals surface area (Å²) in [5, 5.41) is 0. The molecule has 0 aliphatic carbocycles. The molecule has 100 valence electrons. The molecule has 2 rings (SSSR count). The highest BCUT2D eigenvalue weighted by Gasteiger charge is 2.24. The fourth-order valence-electron chi connectivity index (χ4n) is 1.67. The van der Waals surface area contributed by atoms with Gasteiger partial charge in [-0.3, -0.25) is 4.31 Å². The third-order valence-corrected chi connectivity index (χ3v) is 4.61. The van der Waals surface area contributed by atoms with Crippen LogP contribution in [0.4, 0.5) is 15.8 Å². The molecule has 0 saturated carbocycles. The Hall–Kier alpha value is -2.08. The average molecular weight is 280 g/mol. The van der Waals surface area contributed by atoms with Crippen molar-refractivity contribution in [3.63, 3.8) is 0 Å². The van der Waals surface area contributed by atoms with Crippen molar-refractivity contribution in [2.24, 2.45) is 0 Å². The summed E-state index contributed by atoms with van der Waals surface area (Å²) in [6.07, 6.45) is 0. The lowest BCUT2D eigenvalue weighted by molar-refractivity contribution is 0.591. The molecule has 2 aromatic rings. The van der Waals surface area contributed by atoms with E-state index in [-0.39, 0.29) is 10.6 Å². The molecule has 0 aliphatic heterocycles. The monoisotopic (exact) mass is 280 g/mol. The molecule has 0 fully saturated rings. The van der Waals surface area contributed by atoms with Crippen LogP contribution in [0.25, 0.3) is 0 Å². The van der Waals surface area contributed by atoms with Crippen LogP contribution in [0.1, 0.15) is 0 Å². The molecule has 2 aromatic carbocycles. The van der Waals surface area contributed by atoms with Gasteiger partial charge in [0.15, 0.2) is 0 Å². The van der Waals surface area contributed by atoms with Gasteiger partial charge in [-0.25, -0.2) is 12.8 Å². The number of hydrogen-bond acceptors (Lipinski definition) is 3. The van der Waals surface area contributed by atoms with E-state index in [1.807, 2.05) is 0 Å². The van der Waals surface area contributed by atoms with Crippen molar-refractivity contribution in [1.29, 1.82) is 0 Å². The van der Waals surface area contributed by atoms with Gasteiger partial charge in [-0.2, -0.15) is 0 Å². The van der Waals surface area contributed by atoms with Crippen LogP contribution >= 0.6 is 0 Å². The van der Waals surface area contributed by atoms with E-state index < -0.39 is 15.8 Å². The molecule has 0 saturated heterocycles. The van der Waals surface area contributed by atoms with Gasteiger partial charge in [0.2, 0.25) is 0 Å². The zero-order valence-electron chi connectivity index (χ0n) is 10.2. The van der Waals surface area contributed by atoms with Crippen LogP contribution in [0, 0.1) is 5.82 Å². The van der Waals surface area contributed by atoms with Gasteiger partial charge in [0.25, 0.3) is 10.0 Å². The van der Waals surface area contributed by atoms with Crippen LogP contribution in [0.15, 0.2) is 53.4 Å². The molecular weight excluding hydrogens is 267 g/mol. The molecular formula is C13H13FN2O2S. The number of anilines is 2. The van der Waals surface area contributed by atoms with Crippen molar-refractivity contribution in [1.82, 2.24) is 0 Å². The highest BCUT2D eigenvalue weighted by atomic mass is 32.2. The molecule has 19 heavy (non-hydrogen) atoms. The first kappa shape index (κ1) is 13.4. The van der Waals surface area contributed by atoms with Crippen LogP contribution in [-0.2, 0) is 10.0 Å². The number of benzene rings is 2. The lowest BCUT2D eigenvalue weighted by atomic mass is 10.3. The fourth-order valence-corrected chi connectivity index (χ4v) is 2.99. The number of rotatable bonds is 3. The zero-order chi connectivity index (χ0) is 14.0. The van der Waals surface area contributed by atoms with Gasteiger partial charge in [0.05, 0.1) is 11.4 Å². The second-order valence-electron chi connectivity index (χ2n) is 3.96. The minimum atomic E-state index is -3.88. The van der Waals surface area contributed by atoms with Crippen LogP contribution in [-0.4, -0.2) is 15.5 Å². The van der Waals surface area contributed by atoms with Gasteiger partial charge in [0.1, 0.15) is 10.7 Å². The molecule has 0 amide bonds. The number of nitrogens with two attached hydrogens (primary N) is 1. The van der Waals surface area contributed by atoms with Crippen molar-refractivity contribution in [3.05, 3.63) is 54.3 Å². The summed E-state index contributed by atoms with van der Waals surface area (Å²) in [5.41, 5.74) is 5.61. The van der Waals surface area contributed by atoms with Crippen molar-refractivity contribution in [3.8, 4) is 0 Å². The summed E-state index contributed by atoms with van der Waals surface area (Å²) in [7, 11) is -2.48. The van der Waals surface area contributed by atoms with E-state index in [9.17, 15) is 12.8 Å². The summed E-state index contributed by atoms with van der Waals surface area (Å²) in [6.45, 7) is 0. The molecule has 0 aliphatic rings. The average Bonchev–Trinajstić information content (AvgIpc) is 2.41. The number of halogens is 1. The summed E-state index contributed by atoms with van der Waals surface area (Å²) in [6, 6.07) is 12.2. The summed E-state index contributed by atoms with van der Waals surface area (Å²) < 4.78 is 39.2. The number of nitrogen functional groups attached to an aromatic ring is 1. The topological polar surface area (TPSA) is 63.4 Å². The van der Waals surface area contributed by atoms with Crippen LogP contribution in [0.5, 0.6) is 0 Å². The highest BCUT2D eigenvalue weighted by Crippen LogP contribution is 2.27. The summed E-state index contributed by atoms with van der Waals surface area (Å²) in [4.78, 5) is -0.237. The lowest BCUT2D eigenvalue weighted by Crippen LogP contribution is -2.27. The maximum Gasteiger partial charge on any atom is 0.266 e. The molecule has 0 spiro atoms. The van der Waals surface area contributed by atoms with Crippen LogP contribution in [0.2, 0.25) is 0 Å². The molecule has 4 nitrogen and oxygen atoms in total. The maximum absolute atomic E-state index is 13.4. The van der Waals surface area contributed by atoms with Gasteiger partial charge in [-0.15, -0.1) is 0 Å². The molecule has 0 aromatic heterocycles. The zero-order valence-corrected chi connectivity index (χ0v) is 11.1. The van der Waals surface area contributed by atoms with Gasteiger partial charge in [0, 0.05) is 7.05 Å². The molecule has 6 heteroatoms. The van der Waals surface area contributed by atoms with Gasteiger partial charge >= 0.3 is 0 Å². The normalized spacial score (nSPS) is 11.3. The SMILES string of the molecule is CN(c1ccccc1)S(=O)(=O)c1cccc(F)c1N. The highest BCUT2D eigenvalue weighted by molar-refractivity contribution is 7.93. The Morgan fingerprint density at radius 1 is 1.05 bits per heavy atom. The first-order chi connectivity index (χ1) is 8.94.